The Labute approximate surface area is 108 Å². The summed E-state index contributed by atoms with van der Waals surface area (Å²) in [7, 11) is 1.22. The third-order valence-electron chi connectivity index (χ3n) is 2.61. The summed E-state index contributed by atoms with van der Waals surface area (Å²) in [6, 6.07) is 0.865. The van der Waals surface area contributed by atoms with Crippen LogP contribution in [-0.4, -0.2) is 34.9 Å². The fourth-order valence-corrected chi connectivity index (χ4v) is 1.73. The topological polar surface area (TPSA) is 56.2 Å². The molecule has 0 aromatic carbocycles. The molecular weight excluding hydrogens is 263 g/mol. The number of ether oxygens (including phenoxy) is 1. The Morgan fingerprint density at radius 2 is 2.16 bits per heavy atom. The highest BCUT2D eigenvalue weighted by Gasteiger charge is 2.37. The second kappa shape index (κ2) is 5.60. The van der Waals surface area contributed by atoms with Crippen LogP contribution in [0.2, 0.25) is 0 Å². The van der Waals surface area contributed by atoms with Crippen LogP contribution in [0.25, 0.3) is 0 Å². The van der Waals surface area contributed by atoms with E-state index in [1.54, 1.807) is 13.8 Å². The van der Waals surface area contributed by atoms with E-state index in [2.05, 4.69) is 15.2 Å². The highest BCUT2D eigenvalue weighted by Crippen LogP contribution is 2.27. The van der Waals surface area contributed by atoms with E-state index >= 15 is 0 Å². The molecular formula is C11H16F3N3O2. The Kier molecular flexibility index (Phi) is 4.56. The standard InChI is InChI=1S/C11H16F3N3O2/c1-4-15-10(2,9(18)19-3)7-17-6-5-8(16-17)11(12,13)14/h5-6,15H,4,7H2,1-3H3. The number of alkyl halides is 3. The van der Waals surface area contributed by atoms with Crippen LogP contribution in [0.5, 0.6) is 0 Å². The summed E-state index contributed by atoms with van der Waals surface area (Å²) in [6.45, 7) is 3.76. The van der Waals surface area contributed by atoms with Crippen LogP contribution >= 0.6 is 0 Å². The van der Waals surface area contributed by atoms with E-state index in [0.717, 1.165) is 10.7 Å². The number of halogens is 3. The van der Waals surface area contributed by atoms with E-state index < -0.39 is 23.4 Å². The first-order chi connectivity index (χ1) is 8.73. The van der Waals surface area contributed by atoms with E-state index in [0.29, 0.717) is 6.54 Å². The minimum atomic E-state index is -4.49. The first kappa shape index (κ1) is 15.5. The maximum Gasteiger partial charge on any atom is 0.435 e. The molecule has 1 aromatic heterocycles. The van der Waals surface area contributed by atoms with Crippen molar-refractivity contribution in [2.75, 3.05) is 13.7 Å². The van der Waals surface area contributed by atoms with E-state index in [4.69, 9.17) is 0 Å². The van der Waals surface area contributed by atoms with Crippen molar-refractivity contribution < 1.29 is 22.7 Å². The van der Waals surface area contributed by atoms with E-state index in [1.807, 2.05) is 0 Å². The molecule has 1 atom stereocenters. The minimum absolute atomic E-state index is 0.0520. The molecule has 0 saturated heterocycles. The average Bonchev–Trinajstić information content (AvgIpc) is 2.76. The fraction of sp³-hybridized carbons (Fsp3) is 0.636. The largest absolute Gasteiger partial charge is 0.468 e. The number of aromatic nitrogens is 2. The number of hydrogen-bond donors (Lipinski definition) is 1. The van der Waals surface area contributed by atoms with Gasteiger partial charge in [0.1, 0.15) is 5.54 Å². The van der Waals surface area contributed by atoms with Gasteiger partial charge in [0.25, 0.3) is 0 Å². The highest BCUT2D eigenvalue weighted by atomic mass is 19.4. The quantitative estimate of drug-likeness (QED) is 0.829. The lowest BCUT2D eigenvalue weighted by molar-refractivity contribution is -0.148. The summed E-state index contributed by atoms with van der Waals surface area (Å²) >= 11 is 0. The molecule has 8 heteroatoms. The molecule has 1 aromatic rings. The Morgan fingerprint density at radius 3 is 2.58 bits per heavy atom. The number of esters is 1. The van der Waals surface area contributed by atoms with Crippen molar-refractivity contribution in [1.82, 2.24) is 15.1 Å². The molecule has 0 spiro atoms. The molecule has 0 aliphatic carbocycles. The van der Waals surface area contributed by atoms with Gasteiger partial charge in [-0.05, 0) is 19.5 Å². The van der Waals surface area contributed by atoms with Crippen LogP contribution in [0.15, 0.2) is 12.3 Å². The first-order valence-electron chi connectivity index (χ1n) is 5.67. The van der Waals surface area contributed by atoms with Crippen molar-refractivity contribution in [3.8, 4) is 0 Å². The van der Waals surface area contributed by atoms with E-state index in [1.165, 1.54) is 13.3 Å². The van der Waals surface area contributed by atoms with E-state index in [-0.39, 0.29) is 6.54 Å². The molecule has 0 amide bonds. The van der Waals surface area contributed by atoms with Gasteiger partial charge in [0.15, 0.2) is 5.69 Å². The van der Waals surface area contributed by atoms with Crippen molar-refractivity contribution in [2.45, 2.75) is 32.1 Å². The summed E-state index contributed by atoms with van der Waals surface area (Å²) in [5, 5.41) is 6.30. The summed E-state index contributed by atoms with van der Waals surface area (Å²) in [6.07, 6.45) is -3.31. The minimum Gasteiger partial charge on any atom is -0.468 e. The smallest absolute Gasteiger partial charge is 0.435 e. The zero-order valence-electron chi connectivity index (χ0n) is 10.9. The Bertz CT molecular complexity index is 445. The Hall–Kier alpha value is -1.57. The third kappa shape index (κ3) is 3.69. The van der Waals surface area contributed by atoms with Crippen molar-refractivity contribution >= 4 is 5.97 Å². The molecule has 1 rings (SSSR count). The average molecular weight is 279 g/mol. The van der Waals surface area contributed by atoms with Gasteiger partial charge in [-0.2, -0.15) is 18.3 Å². The molecule has 1 N–H and O–H groups in total. The fourth-order valence-electron chi connectivity index (χ4n) is 1.73. The molecule has 19 heavy (non-hydrogen) atoms. The van der Waals surface area contributed by atoms with Crippen LogP contribution in [0, 0.1) is 0 Å². The first-order valence-corrected chi connectivity index (χ1v) is 5.67. The van der Waals surface area contributed by atoms with Gasteiger partial charge >= 0.3 is 12.1 Å². The zero-order valence-corrected chi connectivity index (χ0v) is 10.9. The summed E-state index contributed by atoms with van der Waals surface area (Å²) in [5.74, 6) is -0.557. The van der Waals surface area contributed by atoms with E-state index in [9.17, 15) is 18.0 Å². The van der Waals surface area contributed by atoms with Crippen molar-refractivity contribution in [3.63, 3.8) is 0 Å². The van der Waals surface area contributed by atoms with Crippen LogP contribution in [0.4, 0.5) is 13.2 Å². The van der Waals surface area contributed by atoms with Gasteiger partial charge in [-0.3, -0.25) is 4.68 Å². The molecule has 0 radical (unpaired) electrons. The van der Waals surface area contributed by atoms with Crippen molar-refractivity contribution in [1.29, 1.82) is 0 Å². The molecule has 0 bridgehead atoms. The highest BCUT2D eigenvalue weighted by molar-refractivity contribution is 5.80. The second-order valence-corrected chi connectivity index (χ2v) is 4.25. The normalized spacial score (nSPS) is 15.1. The molecule has 0 saturated carbocycles. The molecule has 0 aliphatic rings. The Morgan fingerprint density at radius 1 is 1.53 bits per heavy atom. The molecule has 0 aliphatic heterocycles. The number of rotatable bonds is 5. The maximum absolute atomic E-state index is 12.4. The van der Waals surface area contributed by atoms with Gasteiger partial charge in [0.2, 0.25) is 0 Å². The lowest BCUT2D eigenvalue weighted by Crippen LogP contribution is -2.53. The van der Waals surface area contributed by atoms with Crippen molar-refractivity contribution in [3.05, 3.63) is 18.0 Å². The lowest BCUT2D eigenvalue weighted by atomic mass is 10.0. The monoisotopic (exact) mass is 279 g/mol. The lowest BCUT2D eigenvalue weighted by Gasteiger charge is -2.27. The SMILES string of the molecule is CCNC(C)(Cn1ccc(C(F)(F)F)n1)C(=O)OC. The number of carbonyl (C=O) groups is 1. The van der Waals surface area contributed by atoms with Gasteiger partial charge in [0.05, 0.1) is 13.7 Å². The second-order valence-electron chi connectivity index (χ2n) is 4.25. The van der Waals surface area contributed by atoms with Gasteiger partial charge in [-0.15, -0.1) is 0 Å². The molecule has 5 nitrogen and oxygen atoms in total. The summed E-state index contributed by atoms with van der Waals surface area (Å²) in [4.78, 5) is 11.7. The van der Waals surface area contributed by atoms with Crippen LogP contribution < -0.4 is 5.32 Å². The van der Waals surface area contributed by atoms with Crippen LogP contribution in [0.1, 0.15) is 19.5 Å². The molecule has 1 unspecified atom stereocenters. The Balaban J connectivity index is 2.92. The number of hydrogen-bond acceptors (Lipinski definition) is 4. The van der Waals surface area contributed by atoms with Crippen LogP contribution in [0.3, 0.4) is 0 Å². The van der Waals surface area contributed by atoms with Gasteiger partial charge in [-0.25, -0.2) is 4.79 Å². The predicted octanol–water partition coefficient (Wildman–Crippen LogP) is 1.44. The van der Waals surface area contributed by atoms with Gasteiger partial charge < -0.3 is 10.1 Å². The summed E-state index contributed by atoms with van der Waals surface area (Å²) < 4.78 is 43.0. The van der Waals surface area contributed by atoms with Crippen molar-refractivity contribution in [2.24, 2.45) is 0 Å². The maximum atomic E-state index is 12.4. The van der Waals surface area contributed by atoms with Crippen LogP contribution in [-0.2, 0) is 22.3 Å². The summed E-state index contributed by atoms with van der Waals surface area (Å²) in [5.41, 5.74) is -2.12. The van der Waals surface area contributed by atoms with Gasteiger partial charge in [-0.1, -0.05) is 6.92 Å². The molecule has 108 valence electrons. The third-order valence-corrected chi connectivity index (χ3v) is 2.61. The number of methoxy groups -OCH3 is 1. The number of nitrogens with zero attached hydrogens (tertiary/aromatic N) is 2. The zero-order chi connectivity index (χ0) is 14.7. The number of nitrogens with one attached hydrogen (secondary N) is 1. The number of carbonyl (C=O) groups excluding carboxylic acids is 1. The molecule has 0 fully saturated rings. The predicted molar refractivity (Wildman–Crippen MR) is 61.3 cm³/mol. The molecule has 1 heterocycles. The number of likely N-dealkylation sites (N-methyl/N-ethyl adjacent to an activating group) is 1. The van der Waals surface area contributed by atoms with Gasteiger partial charge in [0, 0.05) is 6.20 Å².